The minimum Gasteiger partial charge on any atom is -0.481 e. The van der Waals surface area contributed by atoms with Crippen molar-refractivity contribution >= 4 is 16.9 Å². The molecule has 3 aromatic rings. The maximum absolute atomic E-state index is 5.81. The van der Waals surface area contributed by atoms with Crippen molar-refractivity contribution in [2.45, 2.75) is 13.0 Å². The van der Waals surface area contributed by atoms with Gasteiger partial charge in [-0.2, -0.15) is 4.98 Å². The molecule has 5 nitrogen and oxygen atoms in total. The molecule has 0 aliphatic rings. The number of ether oxygens (including phenoxy) is 1. The van der Waals surface area contributed by atoms with Gasteiger partial charge in [-0.1, -0.05) is 18.2 Å². The zero-order valence-electron chi connectivity index (χ0n) is 11.3. The number of furan rings is 1. The van der Waals surface area contributed by atoms with Crippen LogP contribution in [0.3, 0.4) is 0 Å². The van der Waals surface area contributed by atoms with Gasteiger partial charge in [-0.05, 0) is 19.1 Å². The fraction of sp³-hybridized carbons (Fsp3) is 0.200. The lowest BCUT2D eigenvalue weighted by atomic mass is 10.2. The molecule has 0 saturated heterocycles. The minimum absolute atomic E-state index is 0.0329. The maximum atomic E-state index is 5.81. The summed E-state index contributed by atoms with van der Waals surface area (Å²) in [6.07, 6.45) is 1.65. The zero-order valence-corrected chi connectivity index (χ0v) is 11.3. The molecule has 0 saturated carbocycles. The van der Waals surface area contributed by atoms with Gasteiger partial charge in [0.2, 0.25) is 11.8 Å². The number of rotatable bonds is 4. The number of hydrogen-bond donors (Lipinski definition) is 1. The first-order valence-corrected chi connectivity index (χ1v) is 6.38. The first-order valence-electron chi connectivity index (χ1n) is 6.38. The lowest BCUT2D eigenvalue weighted by molar-refractivity contribution is 0.397. The fourth-order valence-electron chi connectivity index (χ4n) is 2.01. The molecule has 0 unspecified atom stereocenters. The van der Waals surface area contributed by atoms with Crippen molar-refractivity contribution in [3.8, 4) is 5.88 Å². The van der Waals surface area contributed by atoms with Crippen molar-refractivity contribution in [1.29, 1.82) is 0 Å². The van der Waals surface area contributed by atoms with Crippen LogP contribution in [0.1, 0.15) is 18.7 Å². The van der Waals surface area contributed by atoms with E-state index in [0.29, 0.717) is 11.8 Å². The van der Waals surface area contributed by atoms with Gasteiger partial charge in [-0.3, -0.25) is 0 Å². The predicted molar refractivity (Wildman–Crippen MR) is 76.8 cm³/mol. The second-order valence-corrected chi connectivity index (χ2v) is 4.48. The van der Waals surface area contributed by atoms with Crippen molar-refractivity contribution in [1.82, 2.24) is 9.97 Å². The van der Waals surface area contributed by atoms with Crippen LogP contribution in [0.5, 0.6) is 5.88 Å². The van der Waals surface area contributed by atoms with E-state index in [2.05, 4.69) is 15.3 Å². The number of benzene rings is 1. The summed E-state index contributed by atoms with van der Waals surface area (Å²) in [5, 5.41) is 4.28. The molecule has 0 fully saturated rings. The molecule has 0 aliphatic heterocycles. The van der Waals surface area contributed by atoms with E-state index in [1.807, 2.05) is 37.3 Å². The van der Waals surface area contributed by atoms with Gasteiger partial charge < -0.3 is 14.5 Å². The Morgan fingerprint density at radius 3 is 2.90 bits per heavy atom. The third-order valence-corrected chi connectivity index (χ3v) is 3.06. The standard InChI is InChI=1S/C15H15N3O2/c1-10(17-15-16-8-7-14(18-15)19-2)13-9-11-5-3-4-6-12(11)20-13/h3-10H,1-2H3,(H,16,17,18)/t10-/m1/s1. The van der Waals surface area contributed by atoms with Crippen LogP contribution in [0.4, 0.5) is 5.95 Å². The Labute approximate surface area is 116 Å². The summed E-state index contributed by atoms with van der Waals surface area (Å²) in [6.45, 7) is 2.00. The molecule has 0 aliphatic carbocycles. The molecule has 0 bridgehead atoms. The molecule has 2 heterocycles. The Balaban J connectivity index is 1.82. The van der Waals surface area contributed by atoms with Crippen molar-refractivity contribution in [3.63, 3.8) is 0 Å². The molecule has 3 rings (SSSR count). The average Bonchev–Trinajstić information content (AvgIpc) is 2.91. The molecule has 1 N–H and O–H groups in total. The number of hydrogen-bond acceptors (Lipinski definition) is 5. The highest BCUT2D eigenvalue weighted by molar-refractivity contribution is 5.77. The Morgan fingerprint density at radius 2 is 2.10 bits per heavy atom. The number of fused-ring (bicyclic) bond motifs is 1. The number of methoxy groups -OCH3 is 1. The van der Waals surface area contributed by atoms with E-state index in [4.69, 9.17) is 9.15 Å². The summed E-state index contributed by atoms with van der Waals surface area (Å²) in [5.74, 6) is 1.88. The SMILES string of the molecule is COc1ccnc(N[C@H](C)c2cc3ccccc3o2)n1. The van der Waals surface area contributed by atoms with Gasteiger partial charge in [0, 0.05) is 17.6 Å². The molecule has 20 heavy (non-hydrogen) atoms. The first-order chi connectivity index (χ1) is 9.76. The Kier molecular flexibility index (Phi) is 3.25. The van der Waals surface area contributed by atoms with Crippen molar-refractivity contribution in [2.24, 2.45) is 0 Å². The highest BCUT2D eigenvalue weighted by Gasteiger charge is 2.12. The highest BCUT2D eigenvalue weighted by Crippen LogP contribution is 2.25. The molecule has 0 radical (unpaired) electrons. The van der Waals surface area contributed by atoms with E-state index in [0.717, 1.165) is 16.7 Å². The molecule has 2 aromatic heterocycles. The van der Waals surface area contributed by atoms with E-state index in [-0.39, 0.29) is 6.04 Å². The Bertz CT molecular complexity index is 691. The number of para-hydroxylation sites is 1. The third kappa shape index (κ3) is 2.42. The zero-order chi connectivity index (χ0) is 13.9. The van der Waals surface area contributed by atoms with E-state index < -0.39 is 0 Å². The van der Waals surface area contributed by atoms with Gasteiger partial charge in [0.1, 0.15) is 11.3 Å². The quantitative estimate of drug-likeness (QED) is 0.786. The normalized spacial score (nSPS) is 12.3. The van der Waals surface area contributed by atoms with Crippen molar-refractivity contribution < 1.29 is 9.15 Å². The third-order valence-electron chi connectivity index (χ3n) is 3.06. The van der Waals surface area contributed by atoms with E-state index in [1.54, 1.807) is 19.4 Å². The number of nitrogens with one attached hydrogen (secondary N) is 1. The van der Waals surface area contributed by atoms with Gasteiger partial charge in [0.05, 0.1) is 13.2 Å². The van der Waals surface area contributed by atoms with Crippen LogP contribution in [0.15, 0.2) is 47.0 Å². The highest BCUT2D eigenvalue weighted by atomic mass is 16.5. The molecular weight excluding hydrogens is 254 g/mol. The maximum Gasteiger partial charge on any atom is 0.226 e. The molecule has 5 heteroatoms. The summed E-state index contributed by atoms with van der Waals surface area (Å²) in [7, 11) is 1.58. The van der Waals surface area contributed by atoms with Gasteiger partial charge >= 0.3 is 0 Å². The van der Waals surface area contributed by atoms with E-state index >= 15 is 0 Å². The van der Waals surface area contributed by atoms with Crippen LogP contribution >= 0.6 is 0 Å². The summed E-state index contributed by atoms with van der Waals surface area (Å²) >= 11 is 0. The number of nitrogens with zero attached hydrogens (tertiary/aromatic N) is 2. The number of anilines is 1. The number of aromatic nitrogens is 2. The average molecular weight is 269 g/mol. The van der Waals surface area contributed by atoms with Crippen LogP contribution in [0.25, 0.3) is 11.0 Å². The first kappa shape index (κ1) is 12.5. The second-order valence-electron chi connectivity index (χ2n) is 4.48. The summed E-state index contributed by atoms with van der Waals surface area (Å²) in [4.78, 5) is 8.39. The molecule has 1 aromatic carbocycles. The van der Waals surface area contributed by atoms with E-state index in [1.165, 1.54) is 0 Å². The van der Waals surface area contributed by atoms with Crippen LogP contribution < -0.4 is 10.1 Å². The lowest BCUT2D eigenvalue weighted by Crippen LogP contribution is -2.08. The monoisotopic (exact) mass is 269 g/mol. The summed E-state index contributed by atoms with van der Waals surface area (Å²) in [6, 6.07) is 11.6. The van der Waals surface area contributed by atoms with Gasteiger partial charge in [0.25, 0.3) is 0 Å². The Morgan fingerprint density at radius 1 is 1.25 bits per heavy atom. The smallest absolute Gasteiger partial charge is 0.226 e. The molecule has 0 amide bonds. The second kappa shape index (κ2) is 5.21. The van der Waals surface area contributed by atoms with Crippen molar-refractivity contribution in [2.75, 3.05) is 12.4 Å². The molecule has 1 atom stereocenters. The fourth-order valence-corrected chi connectivity index (χ4v) is 2.01. The Hall–Kier alpha value is -2.56. The molecular formula is C15H15N3O2. The van der Waals surface area contributed by atoms with Gasteiger partial charge in [-0.25, -0.2) is 4.98 Å². The van der Waals surface area contributed by atoms with Crippen LogP contribution in [-0.2, 0) is 0 Å². The predicted octanol–water partition coefficient (Wildman–Crippen LogP) is 3.40. The van der Waals surface area contributed by atoms with Gasteiger partial charge in [0.15, 0.2) is 0 Å². The van der Waals surface area contributed by atoms with E-state index in [9.17, 15) is 0 Å². The minimum atomic E-state index is -0.0329. The summed E-state index contributed by atoms with van der Waals surface area (Å²) < 4.78 is 10.9. The lowest BCUT2D eigenvalue weighted by Gasteiger charge is -2.11. The molecule has 102 valence electrons. The largest absolute Gasteiger partial charge is 0.481 e. The summed E-state index contributed by atoms with van der Waals surface area (Å²) in [5.41, 5.74) is 0.878. The van der Waals surface area contributed by atoms with Gasteiger partial charge in [-0.15, -0.1) is 0 Å². The molecule has 0 spiro atoms. The van der Waals surface area contributed by atoms with Crippen molar-refractivity contribution in [3.05, 3.63) is 48.4 Å². The van der Waals surface area contributed by atoms with Crippen LogP contribution in [-0.4, -0.2) is 17.1 Å². The topological polar surface area (TPSA) is 60.2 Å². The van der Waals surface area contributed by atoms with Crippen LogP contribution in [0, 0.1) is 0 Å². The van der Waals surface area contributed by atoms with Crippen LogP contribution in [0.2, 0.25) is 0 Å².